The highest BCUT2D eigenvalue weighted by atomic mass is 16.5. The first kappa shape index (κ1) is 26.8. The van der Waals surface area contributed by atoms with E-state index in [4.69, 9.17) is 19.2 Å². The van der Waals surface area contributed by atoms with Gasteiger partial charge >= 0.3 is 0 Å². The Morgan fingerprint density at radius 1 is 1.20 bits per heavy atom. The highest BCUT2D eigenvalue weighted by Gasteiger charge is 2.32. The number of aromatic nitrogens is 3. The van der Waals surface area contributed by atoms with Crippen molar-refractivity contribution in [2.45, 2.75) is 39.2 Å². The maximum Gasteiger partial charge on any atom is 0.172 e. The number of benzene rings is 2. The van der Waals surface area contributed by atoms with Crippen molar-refractivity contribution >= 4 is 34.0 Å². The van der Waals surface area contributed by atoms with E-state index in [9.17, 15) is 0 Å². The second-order valence-corrected chi connectivity index (χ2v) is 10.7. The monoisotopic (exact) mass is 552 g/mol. The maximum absolute atomic E-state index is 6.36. The first-order valence-electron chi connectivity index (χ1n) is 14.1. The van der Waals surface area contributed by atoms with Crippen molar-refractivity contribution in [3.05, 3.63) is 72.7 Å². The number of hydrogen-bond acceptors (Lipinski definition) is 9. The summed E-state index contributed by atoms with van der Waals surface area (Å²) in [5.41, 5.74) is 5.69. The van der Waals surface area contributed by atoms with Gasteiger partial charge in [-0.05, 0) is 73.0 Å². The molecule has 0 radical (unpaired) electrons. The van der Waals surface area contributed by atoms with Gasteiger partial charge in [-0.3, -0.25) is 0 Å². The van der Waals surface area contributed by atoms with Gasteiger partial charge in [0.2, 0.25) is 0 Å². The minimum Gasteiger partial charge on any atom is -0.487 e. The van der Waals surface area contributed by atoms with Crippen LogP contribution in [0.25, 0.3) is 11.0 Å². The Balaban J connectivity index is 1.26. The summed E-state index contributed by atoms with van der Waals surface area (Å²) in [4.78, 5) is 18.3. The number of ether oxygens (including phenoxy) is 3. The summed E-state index contributed by atoms with van der Waals surface area (Å²) in [7, 11) is 2.02. The molecule has 4 aromatic rings. The summed E-state index contributed by atoms with van der Waals surface area (Å²) in [6.07, 6.45) is 4.41. The van der Waals surface area contributed by atoms with Gasteiger partial charge in [-0.25, -0.2) is 15.0 Å². The normalized spacial score (nSPS) is 16.8. The van der Waals surface area contributed by atoms with E-state index in [-0.39, 0.29) is 6.04 Å². The van der Waals surface area contributed by atoms with Crippen LogP contribution >= 0.6 is 0 Å². The van der Waals surface area contributed by atoms with Gasteiger partial charge in [0.15, 0.2) is 17.4 Å². The lowest BCUT2D eigenvalue weighted by Crippen LogP contribution is -2.51. The predicted octanol–water partition coefficient (Wildman–Crippen LogP) is 6.56. The Morgan fingerprint density at radius 2 is 2.07 bits per heavy atom. The van der Waals surface area contributed by atoms with Gasteiger partial charge in [0.05, 0.1) is 24.8 Å². The minimum atomic E-state index is 0.165. The molecule has 6 rings (SSSR count). The molecule has 2 aliphatic rings. The predicted molar refractivity (Wildman–Crippen MR) is 163 cm³/mol. The average Bonchev–Trinajstić information content (AvgIpc) is 3.00. The number of aryl methyl sites for hydroxylation is 1. The molecule has 0 saturated carbocycles. The summed E-state index contributed by atoms with van der Waals surface area (Å²) in [6.45, 7) is 13.1. The number of rotatable bonds is 8. The molecule has 2 unspecified atom stereocenters. The molecular weight excluding hydrogens is 516 g/mol. The van der Waals surface area contributed by atoms with Gasteiger partial charge in [-0.2, -0.15) is 0 Å². The summed E-state index contributed by atoms with van der Waals surface area (Å²) >= 11 is 0. The second kappa shape index (κ2) is 11.2. The average molecular weight is 553 g/mol. The fourth-order valence-electron chi connectivity index (χ4n) is 5.35. The molecular formula is C32H36N6O3. The molecule has 1 saturated heterocycles. The van der Waals surface area contributed by atoms with E-state index in [0.717, 1.165) is 58.5 Å². The summed E-state index contributed by atoms with van der Waals surface area (Å²) in [6, 6.07) is 14.4. The van der Waals surface area contributed by atoms with Crippen LogP contribution in [0.4, 0.5) is 23.0 Å². The van der Waals surface area contributed by atoms with Crippen molar-refractivity contribution in [3.8, 4) is 17.2 Å². The third-order valence-corrected chi connectivity index (χ3v) is 7.95. The highest BCUT2D eigenvalue weighted by Crippen LogP contribution is 2.38. The molecule has 2 aliphatic heterocycles. The zero-order chi connectivity index (χ0) is 28.5. The molecule has 0 amide bonds. The van der Waals surface area contributed by atoms with Crippen LogP contribution in [-0.4, -0.2) is 54.4 Å². The highest BCUT2D eigenvalue weighted by molar-refractivity contribution is 5.90. The SMILES string of the molecule is C=CN(C)c1ccc(Oc2ccc(Nc3ncnc4cc5c(nc34)N3CCOCC3CO5)cc2C)cc1C(C)CC. The van der Waals surface area contributed by atoms with E-state index in [1.54, 1.807) is 6.33 Å². The number of morpholine rings is 1. The molecule has 1 N–H and O–H groups in total. The molecule has 0 aliphatic carbocycles. The standard InChI is InChI=1S/C32H36N6O3/c1-6-20(3)25-15-24(9-10-27(25)37(5)7-2)41-28-11-8-22(14-21(28)4)35-31-30-26(33-19-34-31)16-29-32(36-30)38-12-13-39-17-23(38)18-40-29/h7-11,14-16,19-20,23H,2,6,12-13,17-18H2,1,3-5H3,(H,33,34,35). The molecule has 4 heterocycles. The molecule has 2 atom stereocenters. The van der Waals surface area contributed by atoms with E-state index in [1.165, 1.54) is 5.56 Å². The third-order valence-electron chi connectivity index (χ3n) is 7.95. The molecule has 2 aromatic carbocycles. The van der Waals surface area contributed by atoms with Crippen molar-refractivity contribution in [2.75, 3.05) is 48.5 Å². The van der Waals surface area contributed by atoms with E-state index < -0.39 is 0 Å². The van der Waals surface area contributed by atoms with Crippen molar-refractivity contribution in [3.63, 3.8) is 0 Å². The zero-order valence-electron chi connectivity index (χ0n) is 24.1. The van der Waals surface area contributed by atoms with E-state index in [2.05, 4.69) is 58.8 Å². The zero-order valence-corrected chi connectivity index (χ0v) is 24.1. The van der Waals surface area contributed by atoms with Crippen LogP contribution in [0.3, 0.4) is 0 Å². The number of nitrogens with zero attached hydrogens (tertiary/aromatic N) is 5. The minimum absolute atomic E-state index is 0.165. The van der Waals surface area contributed by atoms with Crippen molar-refractivity contribution < 1.29 is 14.2 Å². The molecule has 2 aromatic heterocycles. The van der Waals surface area contributed by atoms with Crippen LogP contribution in [0, 0.1) is 6.92 Å². The lowest BCUT2D eigenvalue weighted by molar-refractivity contribution is 0.0698. The number of fused-ring (bicyclic) bond motifs is 4. The van der Waals surface area contributed by atoms with Crippen LogP contribution < -0.4 is 24.6 Å². The molecule has 1 fully saturated rings. The van der Waals surface area contributed by atoms with Gasteiger partial charge in [0, 0.05) is 31.0 Å². The van der Waals surface area contributed by atoms with Crippen molar-refractivity contribution in [1.82, 2.24) is 15.0 Å². The Labute approximate surface area is 240 Å². The summed E-state index contributed by atoms with van der Waals surface area (Å²) < 4.78 is 18.0. The maximum atomic E-state index is 6.36. The molecule has 41 heavy (non-hydrogen) atoms. The molecule has 9 heteroatoms. The number of hydrogen-bond donors (Lipinski definition) is 1. The lowest BCUT2D eigenvalue weighted by atomic mass is 9.96. The van der Waals surface area contributed by atoms with Gasteiger partial charge < -0.3 is 29.3 Å². The second-order valence-electron chi connectivity index (χ2n) is 10.7. The number of pyridine rings is 1. The van der Waals surface area contributed by atoms with E-state index in [1.807, 2.05) is 49.3 Å². The van der Waals surface area contributed by atoms with Gasteiger partial charge in [0.25, 0.3) is 0 Å². The largest absolute Gasteiger partial charge is 0.487 e. The van der Waals surface area contributed by atoms with Gasteiger partial charge in [-0.15, -0.1) is 0 Å². The Hall–Kier alpha value is -4.37. The number of anilines is 4. The Kier molecular flexibility index (Phi) is 7.36. The van der Waals surface area contributed by atoms with Crippen LogP contribution in [0.5, 0.6) is 17.2 Å². The summed E-state index contributed by atoms with van der Waals surface area (Å²) in [5, 5.41) is 3.45. The van der Waals surface area contributed by atoms with Crippen LogP contribution in [0.2, 0.25) is 0 Å². The van der Waals surface area contributed by atoms with Gasteiger partial charge in [-0.1, -0.05) is 20.4 Å². The molecule has 9 nitrogen and oxygen atoms in total. The van der Waals surface area contributed by atoms with Gasteiger partial charge in [0.1, 0.15) is 29.9 Å². The summed E-state index contributed by atoms with van der Waals surface area (Å²) in [5.74, 6) is 4.21. The smallest absolute Gasteiger partial charge is 0.172 e. The van der Waals surface area contributed by atoms with Crippen LogP contribution in [0.1, 0.15) is 37.3 Å². The first-order chi connectivity index (χ1) is 19.9. The molecule has 0 bridgehead atoms. The van der Waals surface area contributed by atoms with Crippen LogP contribution in [0.15, 0.2) is 61.6 Å². The first-order valence-corrected chi connectivity index (χ1v) is 14.1. The lowest BCUT2D eigenvalue weighted by Gasteiger charge is -2.40. The Bertz CT molecular complexity index is 1590. The van der Waals surface area contributed by atoms with E-state index in [0.29, 0.717) is 37.1 Å². The Morgan fingerprint density at radius 3 is 2.88 bits per heavy atom. The fraction of sp³-hybridized carbons (Fsp3) is 0.344. The molecule has 0 spiro atoms. The topological polar surface area (TPSA) is 84.9 Å². The van der Waals surface area contributed by atoms with Crippen molar-refractivity contribution in [2.24, 2.45) is 0 Å². The molecule has 212 valence electrons. The van der Waals surface area contributed by atoms with Crippen LogP contribution in [-0.2, 0) is 4.74 Å². The number of nitrogens with one attached hydrogen (secondary N) is 1. The fourth-order valence-corrected chi connectivity index (χ4v) is 5.35. The third kappa shape index (κ3) is 5.25. The van der Waals surface area contributed by atoms with Crippen molar-refractivity contribution in [1.29, 1.82) is 0 Å². The quantitative estimate of drug-likeness (QED) is 0.261. The van der Waals surface area contributed by atoms with E-state index >= 15 is 0 Å².